The van der Waals surface area contributed by atoms with E-state index >= 15 is 0 Å². The maximum Gasteiger partial charge on any atom is 0.260 e. The van der Waals surface area contributed by atoms with Crippen molar-refractivity contribution in [2.45, 2.75) is 20.3 Å². The Balaban J connectivity index is 1.97. The molecular formula is C21H24BrN3OS. The van der Waals surface area contributed by atoms with E-state index in [9.17, 15) is 4.79 Å². The minimum atomic E-state index is -0.00492. The topological polar surface area (TPSA) is 36.4 Å². The summed E-state index contributed by atoms with van der Waals surface area (Å²) in [6.07, 6.45) is 0.892. The van der Waals surface area contributed by atoms with Gasteiger partial charge in [-0.3, -0.25) is 9.69 Å². The normalized spacial score (nSPS) is 11.3. The summed E-state index contributed by atoms with van der Waals surface area (Å²) in [6.45, 7) is 5.73. The van der Waals surface area contributed by atoms with Crippen molar-refractivity contribution in [3.63, 3.8) is 0 Å². The number of halogens is 1. The number of rotatable bonds is 6. The molecule has 0 aliphatic heterocycles. The van der Waals surface area contributed by atoms with Gasteiger partial charge in [0.15, 0.2) is 5.13 Å². The average Bonchev–Trinajstić information content (AvgIpc) is 3.02. The first-order valence-electron chi connectivity index (χ1n) is 8.95. The zero-order valence-corrected chi connectivity index (χ0v) is 18.5. The Kier molecular flexibility index (Phi) is 6.29. The number of thiazole rings is 1. The van der Waals surface area contributed by atoms with Crippen LogP contribution < -0.4 is 4.90 Å². The van der Waals surface area contributed by atoms with Crippen molar-refractivity contribution < 1.29 is 4.79 Å². The second kappa shape index (κ2) is 8.50. The molecule has 1 heterocycles. The Morgan fingerprint density at radius 3 is 2.48 bits per heavy atom. The van der Waals surface area contributed by atoms with Crippen LogP contribution in [-0.4, -0.2) is 43.0 Å². The lowest BCUT2D eigenvalue weighted by Gasteiger charge is -2.21. The molecule has 3 rings (SSSR count). The van der Waals surface area contributed by atoms with E-state index in [0.29, 0.717) is 12.1 Å². The van der Waals surface area contributed by atoms with E-state index in [-0.39, 0.29) is 5.91 Å². The summed E-state index contributed by atoms with van der Waals surface area (Å²) in [5, 5.41) is 0.769. The number of benzene rings is 2. The quantitative estimate of drug-likeness (QED) is 0.517. The number of fused-ring (bicyclic) bond motifs is 1. The molecule has 1 amide bonds. The summed E-state index contributed by atoms with van der Waals surface area (Å²) < 4.78 is 2.09. The number of hydrogen-bond acceptors (Lipinski definition) is 4. The zero-order valence-electron chi connectivity index (χ0n) is 16.1. The second-order valence-corrected chi connectivity index (χ2v) is 8.97. The highest BCUT2D eigenvalue weighted by molar-refractivity contribution is 9.10. The molecule has 0 radical (unpaired) electrons. The van der Waals surface area contributed by atoms with E-state index in [2.05, 4.69) is 46.8 Å². The molecule has 0 fully saturated rings. The van der Waals surface area contributed by atoms with E-state index in [0.717, 1.165) is 38.3 Å². The number of carbonyl (C=O) groups excluding carboxylic acids is 1. The summed E-state index contributed by atoms with van der Waals surface area (Å²) in [7, 11) is 4.09. The molecule has 1 aromatic heterocycles. The smallest absolute Gasteiger partial charge is 0.260 e. The van der Waals surface area contributed by atoms with Gasteiger partial charge in [-0.05, 0) is 82.4 Å². The number of nitrogens with zero attached hydrogens (tertiary/aromatic N) is 3. The van der Waals surface area contributed by atoms with Crippen molar-refractivity contribution >= 4 is 48.5 Å². The van der Waals surface area contributed by atoms with Crippen molar-refractivity contribution in [3.05, 3.63) is 57.6 Å². The van der Waals surface area contributed by atoms with Gasteiger partial charge >= 0.3 is 0 Å². The van der Waals surface area contributed by atoms with E-state index in [1.165, 1.54) is 5.56 Å². The van der Waals surface area contributed by atoms with Crippen LogP contribution in [-0.2, 0) is 0 Å². The maximum absolute atomic E-state index is 13.2. The molecule has 0 N–H and O–H groups in total. The van der Waals surface area contributed by atoms with Crippen LogP contribution in [0.3, 0.4) is 0 Å². The molecule has 142 valence electrons. The number of carbonyl (C=O) groups is 1. The van der Waals surface area contributed by atoms with Crippen molar-refractivity contribution in [2.24, 2.45) is 0 Å². The molecule has 2 aromatic carbocycles. The monoisotopic (exact) mass is 445 g/mol. The van der Waals surface area contributed by atoms with Crippen LogP contribution in [0.4, 0.5) is 5.13 Å². The van der Waals surface area contributed by atoms with Crippen molar-refractivity contribution in [3.8, 4) is 0 Å². The highest BCUT2D eigenvalue weighted by Crippen LogP contribution is 2.32. The Morgan fingerprint density at radius 2 is 1.81 bits per heavy atom. The molecular weight excluding hydrogens is 422 g/mol. The van der Waals surface area contributed by atoms with Crippen LogP contribution in [0, 0.1) is 13.8 Å². The number of aromatic nitrogens is 1. The van der Waals surface area contributed by atoms with Gasteiger partial charge in [0.05, 0.1) is 10.2 Å². The van der Waals surface area contributed by atoms with E-state index in [1.807, 2.05) is 43.3 Å². The molecule has 0 spiro atoms. The summed E-state index contributed by atoms with van der Waals surface area (Å²) in [5.41, 5.74) is 4.03. The first kappa shape index (κ1) is 20.0. The number of amides is 1. The lowest BCUT2D eigenvalue weighted by atomic mass is 10.1. The first-order valence-corrected chi connectivity index (χ1v) is 10.6. The highest BCUT2D eigenvalue weighted by Gasteiger charge is 2.21. The van der Waals surface area contributed by atoms with Crippen LogP contribution in [0.15, 0.2) is 40.9 Å². The average molecular weight is 446 g/mol. The standard InChI is InChI=1S/C21H24BrN3OS/c1-14-12-15(2)19-18(13-14)27-21(23-19)25(11-5-10-24(3)4)20(26)16-6-8-17(22)9-7-16/h6-9,12-13H,5,10-11H2,1-4H3. The van der Waals surface area contributed by atoms with Crippen LogP contribution in [0.25, 0.3) is 10.2 Å². The van der Waals surface area contributed by atoms with Gasteiger partial charge in [-0.1, -0.05) is 33.3 Å². The Hall–Kier alpha value is -1.76. The molecule has 0 bridgehead atoms. The highest BCUT2D eigenvalue weighted by atomic mass is 79.9. The summed E-state index contributed by atoms with van der Waals surface area (Å²) in [5.74, 6) is -0.00492. The van der Waals surface area contributed by atoms with E-state index in [1.54, 1.807) is 11.3 Å². The number of aryl methyl sites for hydroxylation is 2. The summed E-state index contributed by atoms with van der Waals surface area (Å²) in [6, 6.07) is 11.8. The van der Waals surface area contributed by atoms with E-state index in [4.69, 9.17) is 4.98 Å². The minimum absolute atomic E-state index is 0.00492. The van der Waals surface area contributed by atoms with E-state index < -0.39 is 0 Å². The fourth-order valence-corrected chi connectivity index (χ4v) is 4.48. The van der Waals surface area contributed by atoms with Gasteiger partial charge < -0.3 is 4.90 Å². The molecule has 0 saturated heterocycles. The number of hydrogen-bond donors (Lipinski definition) is 0. The molecule has 0 aliphatic rings. The Labute approximate surface area is 172 Å². The molecule has 6 heteroatoms. The van der Waals surface area contributed by atoms with Crippen LogP contribution in [0.2, 0.25) is 0 Å². The van der Waals surface area contributed by atoms with Gasteiger partial charge in [-0.2, -0.15) is 0 Å². The van der Waals surface area contributed by atoms with Gasteiger partial charge in [-0.15, -0.1) is 0 Å². The lowest BCUT2D eigenvalue weighted by Crippen LogP contribution is -2.33. The third-order valence-electron chi connectivity index (χ3n) is 4.37. The largest absolute Gasteiger partial charge is 0.309 e. The zero-order chi connectivity index (χ0) is 19.6. The third kappa shape index (κ3) is 4.75. The Morgan fingerprint density at radius 1 is 1.11 bits per heavy atom. The SMILES string of the molecule is Cc1cc(C)c2nc(N(CCCN(C)C)C(=O)c3ccc(Br)cc3)sc2c1. The van der Waals surface area contributed by atoms with Crippen molar-refractivity contribution in [1.29, 1.82) is 0 Å². The van der Waals surface area contributed by atoms with Gasteiger partial charge in [-0.25, -0.2) is 4.98 Å². The summed E-state index contributed by atoms with van der Waals surface area (Å²) >= 11 is 5.02. The summed E-state index contributed by atoms with van der Waals surface area (Å²) in [4.78, 5) is 22.0. The third-order valence-corrected chi connectivity index (χ3v) is 5.93. The van der Waals surface area contributed by atoms with Gasteiger partial charge in [0.2, 0.25) is 0 Å². The maximum atomic E-state index is 13.2. The van der Waals surface area contributed by atoms with Crippen molar-refractivity contribution in [2.75, 3.05) is 32.1 Å². The van der Waals surface area contributed by atoms with Crippen molar-refractivity contribution in [1.82, 2.24) is 9.88 Å². The lowest BCUT2D eigenvalue weighted by molar-refractivity contribution is 0.0986. The van der Waals surface area contributed by atoms with Gasteiger partial charge in [0.25, 0.3) is 5.91 Å². The second-order valence-electron chi connectivity index (χ2n) is 7.05. The first-order chi connectivity index (χ1) is 12.8. The predicted molar refractivity (Wildman–Crippen MR) is 118 cm³/mol. The van der Waals surface area contributed by atoms with Crippen LogP contribution in [0.5, 0.6) is 0 Å². The molecule has 0 atom stereocenters. The van der Waals surface area contributed by atoms with Crippen LogP contribution in [0.1, 0.15) is 27.9 Å². The number of anilines is 1. The molecule has 0 saturated carbocycles. The van der Waals surface area contributed by atoms with Crippen LogP contribution >= 0.6 is 27.3 Å². The fourth-order valence-electron chi connectivity index (χ4n) is 3.05. The molecule has 4 nitrogen and oxygen atoms in total. The predicted octanol–water partition coefficient (Wildman–Crippen LogP) is 5.27. The molecule has 0 unspecified atom stereocenters. The van der Waals surface area contributed by atoms with Gasteiger partial charge in [0, 0.05) is 16.6 Å². The fraction of sp³-hybridized carbons (Fsp3) is 0.333. The molecule has 0 aliphatic carbocycles. The van der Waals surface area contributed by atoms with Gasteiger partial charge in [0.1, 0.15) is 0 Å². The molecule has 3 aromatic rings. The Bertz CT molecular complexity index is 950. The molecule has 27 heavy (non-hydrogen) atoms. The minimum Gasteiger partial charge on any atom is -0.309 e.